The Morgan fingerprint density at radius 3 is 2.75 bits per heavy atom. The van der Waals surface area contributed by atoms with Crippen LogP contribution in [0.3, 0.4) is 0 Å². The van der Waals surface area contributed by atoms with E-state index in [4.69, 9.17) is 0 Å². The van der Waals surface area contributed by atoms with Crippen LogP contribution in [0.15, 0.2) is 12.3 Å². The number of aromatic amines is 1. The number of ether oxygens (including phenoxy) is 1. The van der Waals surface area contributed by atoms with Gasteiger partial charge in [-0.15, -0.1) is 0 Å². The molecule has 0 bridgehead atoms. The standard InChI is InChI=1S/C9H13NO2/c1-6(2)7-4-5-10-8(7)9(11)12-3/h4-6,10H,1-3H3. The van der Waals surface area contributed by atoms with E-state index in [0.29, 0.717) is 11.6 Å². The van der Waals surface area contributed by atoms with Crippen molar-refractivity contribution < 1.29 is 9.53 Å². The highest BCUT2D eigenvalue weighted by Gasteiger charge is 2.14. The molecule has 12 heavy (non-hydrogen) atoms. The second-order valence-corrected chi connectivity index (χ2v) is 2.95. The van der Waals surface area contributed by atoms with Crippen LogP contribution >= 0.6 is 0 Å². The normalized spacial score (nSPS) is 10.3. The van der Waals surface area contributed by atoms with E-state index in [1.165, 1.54) is 7.11 Å². The summed E-state index contributed by atoms with van der Waals surface area (Å²) < 4.78 is 4.62. The van der Waals surface area contributed by atoms with Gasteiger partial charge in [0.15, 0.2) is 0 Å². The average Bonchev–Trinajstić information content (AvgIpc) is 2.50. The van der Waals surface area contributed by atoms with Gasteiger partial charge in [0.25, 0.3) is 0 Å². The molecule has 0 radical (unpaired) electrons. The summed E-state index contributed by atoms with van der Waals surface area (Å²) in [6, 6.07) is 1.90. The van der Waals surface area contributed by atoms with E-state index >= 15 is 0 Å². The van der Waals surface area contributed by atoms with Crippen LogP contribution in [0.4, 0.5) is 0 Å². The molecule has 1 aromatic rings. The van der Waals surface area contributed by atoms with Gasteiger partial charge < -0.3 is 9.72 Å². The number of rotatable bonds is 2. The summed E-state index contributed by atoms with van der Waals surface area (Å²) in [7, 11) is 1.38. The van der Waals surface area contributed by atoms with Crippen molar-refractivity contribution in [3.63, 3.8) is 0 Å². The third kappa shape index (κ3) is 1.49. The maximum absolute atomic E-state index is 11.1. The molecule has 0 aliphatic rings. The van der Waals surface area contributed by atoms with E-state index in [9.17, 15) is 4.79 Å². The van der Waals surface area contributed by atoms with E-state index in [2.05, 4.69) is 9.72 Å². The number of methoxy groups -OCH3 is 1. The van der Waals surface area contributed by atoms with Crippen molar-refractivity contribution in [2.24, 2.45) is 0 Å². The molecule has 0 aromatic carbocycles. The Kier molecular flexibility index (Phi) is 2.53. The molecular weight excluding hydrogens is 154 g/mol. The highest BCUT2D eigenvalue weighted by atomic mass is 16.5. The zero-order valence-electron chi connectivity index (χ0n) is 7.55. The monoisotopic (exact) mass is 167 g/mol. The quantitative estimate of drug-likeness (QED) is 0.684. The van der Waals surface area contributed by atoms with Crippen LogP contribution in [0.25, 0.3) is 0 Å². The summed E-state index contributed by atoms with van der Waals surface area (Å²) in [5.41, 5.74) is 1.56. The molecule has 0 fully saturated rings. The Labute approximate surface area is 71.7 Å². The molecule has 3 nitrogen and oxygen atoms in total. The van der Waals surface area contributed by atoms with E-state index in [1.807, 2.05) is 19.9 Å². The van der Waals surface area contributed by atoms with Gasteiger partial charge in [-0.05, 0) is 17.5 Å². The van der Waals surface area contributed by atoms with Gasteiger partial charge in [0.05, 0.1) is 7.11 Å². The van der Waals surface area contributed by atoms with Gasteiger partial charge in [0.1, 0.15) is 5.69 Å². The molecule has 0 spiro atoms. The Morgan fingerprint density at radius 1 is 1.58 bits per heavy atom. The van der Waals surface area contributed by atoms with Gasteiger partial charge in [0.2, 0.25) is 0 Å². The van der Waals surface area contributed by atoms with Crippen LogP contribution in [-0.2, 0) is 4.74 Å². The van der Waals surface area contributed by atoms with Gasteiger partial charge >= 0.3 is 5.97 Å². The molecule has 0 saturated carbocycles. The van der Waals surface area contributed by atoms with E-state index in [1.54, 1.807) is 6.20 Å². The largest absolute Gasteiger partial charge is 0.464 e. The van der Waals surface area contributed by atoms with Crippen molar-refractivity contribution in [2.45, 2.75) is 19.8 Å². The summed E-state index contributed by atoms with van der Waals surface area (Å²) >= 11 is 0. The number of aromatic nitrogens is 1. The lowest BCUT2D eigenvalue weighted by Gasteiger charge is -2.04. The van der Waals surface area contributed by atoms with Gasteiger partial charge in [-0.25, -0.2) is 4.79 Å². The summed E-state index contributed by atoms with van der Waals surface area (Å²) in [6.07, 6.45) is 1.75. The molecule has 0 unspecified atom stereocenters. The second kappa shape index (κ2) is 3.43. The summed E-state index contributed by atoms with van der Waals surface area (Å²) in [4.78, 5) is 14.0. The minimum Gasteiger partial charge on any atom is -0.464 e. The predicted octanol–water partition coefficient (Wildman–Crippen LogP) is 1.92. The van der Waals surface area contributed by atoms with Crippen molar-refractivity contribution in [3.8, 4) is 0 Å². The van der Waals surface area contributed by atoms with Crippen LogP contribution < -0.4 is 0 Å². The Bertz CT molecular complexity index is 276. The van der Waals surface area contributed by atoms with Crippen molar-refractivity contribution in [3.05, 3.63) is 23.5 Å². The predicted molar refractivity (Wildman–Crippen MR) is 46.2 cm³/mol. The second-order valence-electron chi connectivity index (χ2n) is 2.95. The van der Waals surface area contributed by atoms with Crippen LogP contribution in [0.5, 0.6) is 0 Å². The fourth-order valence-corrected chi connectivity index (χ4v) is 1.14. The van der Waals surface area contributed by atoms with Gasteiger partial charge in [-0.3, -0.25) is 0 Å². The number of carbonyl (C=O) groups excluding carboxylic acids is 1. The minimum absolute atomic E-state index is 0.302. The van der Waals surface area contributed by atoms with E-state index in [-0.39, 0.29) is 5.97 Å². The molecule has 0 saturated heterocycles. The van der Waals surface area contributed by atoms with Gasteiger partial charge in [-0.2, -0.15) is 0 Å². The topological polar surface area (TPSA) is 42.1 Å². The van der Waals surface area contributed by atoms with Gasteiger partial charge in [0, 0.05) is 6.20 Å². The van der Waals surface area contributed by atoms with Gasteiger partial charge in [-0.1, -0.05) is 13.8 Å². The smallest absolute Gasteiger partial charge is 0.354 e. The van der Waals surface area contributed by atoms with E-state index in [0.717, 1.165) is 5.56 Å². The number of esters is 1. The van der Waals surface area contributed by atoms with Crippen molar-refractivity contribution in [1.82, 2.24) is 4.98 Å². The first-order valence-corrected chi connectivity index (χ1v) is 3.92. The Morgan fingerprint density at radius 2 is 2.25 bits per heavy atom. The molecular formula is C9H13NO2. The van der Waals surface area contributed by atoms with E-state index < -0.39 is 0 Å². The summed E-state index contributed by atoms with van der Waals surface area (Å²) in [5.74, 6) is 0.0362. The number of carbonyl (C=O) groups is 1. The minimum atomic E-state index is -0.302. The fourth-order valence-electron chi connectivity index (χ4n) is 1.14. The molecule has 66 valence electrons. The van der Waals surface area contributed by atoms with Crippen LogP contribution in [0.2, 0.25) is 0 Å². The van der Waals surface area contributed by atoms with Crippen molar-refractivity contribution in [2.75, 3.05) is 7.11 Å². The maximum atomic E-state index is 11.1. The summed E-state index contributed by atoms with van der Waals surface area (Å²) in [5, 5.41) is 0. The van der Waals surface area contributed by atoms with Crippen LogP contribution in [0, 0.1) is 0 Å². The third-order valence-electron chi connectivity index (χ3n) is 1.79. The zero-order chi connectivity index (χ0) is 9.14. The first-order chi connectivity index (χ1) is 5.66. The fraction of sp³-hybridized carbons (Fsp3) is 0.444. The van der Waals surface area contributed by atoms with Crippen LogP contribution in [0.1, 0.15) is 35.8 Å². The Balaban J connectivity index is 2.99. The highest BCUT2D eigenvalue weighted by Crippen LogP contribution is 2.18. The highest BCUT2D eigenvalue weighted by molar-refractivity contribution is 5.89. The lowest BCUT2D eigenvalue weighted by molar-refractivity contribution is 0.0593. The third-order valence-corrected chi connectivity index (χ3v) is 1.79. The lowest BCUT2D eigenvalue weighted by Crippen LogP contribution is -2.05. The first-order valence-electron chi connectivity index (χ1n) is 3.92. The molecule has 1 rings (SSSR count). The molecule has 0 atom stereocenters. The molecule has 0 aliphatic heterocycles. The molecule has 1 N–H and O–H groups in total. The summed E-state index contributed by atoms with van der Waals surface area (Å²) in [6.45, 7) is 4.07. The number of hydrogen-bond acceptors (Lipinski definition) is 2. The zero-order valence-corrected chi connectivity index (χ0v) is 7.55. The SMILES string of the molecule is COC(=O)c1[nH]ccc1C(C)C. The number of hydrogen-bond donors (Lipinski definition) is 1. The number of H-pyrrole nitrogens is 1. The molecule has 1 aromatic heterocycles. The average molecular weight is 167 g/mol. The molecule has 1 heterocycles. The molecule has 0 amide bonds. The number of nitrogens with one attached hydrogen (secondary N) is 1. The molecule has 3 heteroatoms. The maximum Gasteiger partial charge on any atom is 0.354 e. The van der Waals surface area contributed by atoms with Crippen molar-refractivity contribution >= 4 is 5.97 Å². The van der Waals surface area contributed by atoms with Crippen molar-refractivity contribution in [1.29, 1.82) is 0 Å². The lowest BCUT2D eigenvalue weighted by atomic mass is 10.0. The van der Waals surface area contributed by atoms with Crippen LogP contribution in [-0.4, -0.2) is 18.1 Å². The Hall–Kier alpha value is -1.25. The first kappa shape index (κ1) is 8.84. The molecule has 0 aliphatic carbocycles.